The van der Waals surface area contributed by atoms with Gasteiger partial charge in [-0.25, -0.2) is 19.2 Å². The molecule has 0 aromatic heterocycles. The maximum Gasteiger partial charge on any atom is 0.414 e. The van der Waals surface area contributed by atoms with Crippen LogP contribution in [-0.4, -0.2) is 55.5 Å². The molecule has 40 heavy (non-hydrogen) atoms. The van der Waals surface area contributed by atoms with Crippen molar-refractivity contribution >= 4 is 30.2 Å². The van der Waals surface area contributed by atoms with E-state index < -0.39 is 35.9 Å². The molecule has 2 aromatic rings. The first kappa shape index (κ1) is 31.6. The van der Waals surface area contributed by atoms with E-state index in [-0.39, 0.29) is 38.6 Å². The quantitative estimate of drug-likeness (QED) is 0.130. The van der Waals surface area contributed by atoms with Crippen molar-refractivity contribution in [2.24, 2.45) is 4.99 Å². The smallest absolute Gasteiger partial charge is 0.414 e. The van der Waals surface area contributed by atoms with E-state index in [1.54, 1.807) is 45.0 Å². The summed E-state index contributed by atoms with van der Waals surface area (Å²) in [6, 6.07) is 17.1. The summed E-state index contributed by atoms with van der Waals surface area (Å²) in [4.78, 5) is 53.2. The zero-order valence-electron chi connectivity index (χ0n) is 23.1. The fourth-order valence-electron chi connectivity index (χ4n) is 3.15. The molecule has 1 unspecified atom stereocenters. The van der Waals surface area contributed by atoms with Crippen LogP contribution in [0.2, 0.25) is 0 Å². The maximum absolute atomic E-state index is 12.4. The predicted octanol–water partition coefficient (Wildman–Crippen LogP) is 4.04. The van der Waals surface area contributed by atoms with E-state index >= 15 is 0 Å². The van der Waals surface area contributed by atoms with Crippen LogP contribution >= 0.6 is 0 Å². The van der Waals surface area contributed by atoms with E-state index in [2.05, 4.69) is 20.9 Å². The fraction of sp³-hybridized carbons (Fsp3) is 0.393. The summed E-state index contributed by atoms with van der Waals surface area (Å²) in [6.07, 6.45) is -2.02. The number of carbonyl (C=O) groups excluding carboxylic acids is 4. The van der Waals surface area contributed by atoms with Crippen molar-refractivity contribution < 1.29 is 38.1 Å². The van der Waals surface area contributed by atoms with Crippen LogP contribution in [0.1, 0.15) is 44.7 Å². The van der Waals surface area contributed by atoms with E-state index in [0.29, 0.717) is 0 Å². The molecule has 216 valence electrons. The van der Waals surface area contributed by atoms with Crippen LogP contribution in [0.25, 0.3) is 0 Å². The highest BCUT2D eigenvalue weighted by Crippen LogP contribution is 2.08. The highest BCUT2D eigenvalue weighted by molar-refractivity contribution is 6.01. The molecule has 0 aliphatic heterocycles. The molecule has 0 radical (unpaired) electrons. The Morgan fingerprint density at radius 2 is 1.30 bits per heavy atom. The van der Waals surface area contributed by atoms with Crippen LogP contribution in [0.3, 0.4) is 0 Å². The van der Waals surface area contributed by atoms with E-state index in [0.717, 1.165) is 11.1 Å². The number of nitrogens with one attached hydrogen (secondary N) is 3. The van der Waals surface area contributed by atoms with Gasteiger partial charge in [-0.1, -0.05) is 60.7 Å². The number of carbonyl (C=O) groups is 4. The van der Waals surface area contributed by atoms with E-state index in [1.165, 1.54) is 7.11 Å². The van der Waals surface area contributed by atoms with Crippen molar-refractivity contribution in [3.8, 4) is 0 Å². The van der Waals surface area contributed by atoms with Gasteiger partial charge in [-0.15, -0.1) is 0 Å². The molecule has 2 rings (SSSR count). The molecule has 0 bridgehead atoms. The summed E-state index contributed by atoms with van der Waals surface area (Å²) in [5, 5.41) is 7.26. The molecule has 1 atom stereocenters. The summed E-state index contributed by atoms with van der Waals surface area (Å²) in [5.41, 5.74) is 0.807. The van der Waals surface area contributed by atoms with Gasteiger partial charge in [0.25, 0.3) is 0 Å². The van der Waals surface area contributed by atoms with Crippen molar-refractivity contribution in [3.63, 3.8) is 0 Å². The summed E-state index contributed by atoms with van der Waals surface area (Å²) in [5.74, 6) is -0.855. The summed E-state index contributed by atoms with van der Waals surface area (Å²) < 4.78 is 20.4. The first-order valence-corrected chi connectivity index (χ1v) is 12.6. The van der Waals surface area contributed by atoms with Crippen LogP contribution in [0.15, 0.2) is 65.7 Å². The molecule has 0 heterocycles. The van der Waals surface area contributed by atoms with Crippen molar-refractivity contribution in [1.29, 1.82) is 0 Å². The van der Waals surface area contributed by atoms with E-state index in [1.807, 2.05) is 36.4 Å². The third kappa shape index (κ3) is 13.3. The van der Waals surface area contributed by atoms with Gasteiger partial charge in [-0.2, -0.15) is 0 Å². The monoisotopic (exact) mass is 556 g/mol. The predicted molar refractivity (Wildman–Crippen MR) is 146 cm³/mol. The summed E-state index contributed by atoms with van der Waals surface area (Å²) in [7, 11) is 1.21. The van der Waals surface area contributed by atoms with Crippen molar-refractivity contribution in [2.75, 3.05) is 13.7 Å². The molecule has 0 saturated carbocycles. The Labute approximate surface area is 233 Å². The number of alkyl carbamates (subject to hydrolysis) is 3. The lowest BCUT2D eigenvalue weighted by atomic mass is 10.1. The number of aliphatic imine (C=N–C) groups is 1. The first-order chi connectivity index (χ1) is 19.1. The van der Waals surface area contributed by atoms with Crippen LogP contribution in [0, 0.1) is 0 Å². The number of guanidine groups is 1. The number of hydrogen-bond acceptors (Lipinski definition) is 9. The Kier molecular flexibility index (Phi) is 12.9. The molecule has 0 saturated heterocycles. The minimum absolute atomic E-state index is 0.00948. The number of hydrogen-bond donors (Lipinski definition) is 3. The van der Waals surface area contributed by atoms with Gasteiger partial charge in [0, 0.05) is 6.54 Å². The third-order valence-corrected chi connectivity index (χ3v) is 4.96. The van der Waals surface area contributed by atoms with E-state index in [9.17, 15) is 19.2 Å². The van der Waals surface area contributed by atoms with Crippen molar-refractivity contribution in [3.05, 3.63) is 71.8 Å². The van der Waals surface area contributed by atoms with Gasteiger partial charge in [0.15, 0.2) is 0 Å². The van der Waals surface area contributed by atoms with Gasteiger partial charge < -0.3 is 24.3 Å². The molecular weight excluding hydrogens is 520 g/mol. The number of benzene rings is 2. The standard InChI is InChI=1S/C28H36N4O8/c1-28(2,3)40-27(36)30-22(23(33)37-4)16-11-17-29-24(31-25(34)38-18-20-12-7-5-8-13-20)32-26(35)39-19-21-14-9-6-10-15-21/h5-10,12-15,22H,11,16-19H2,1-4H3,(H,30,36)(H2,29,31,32,34,35). The lowest BCUT2D eigenvalue weighted by Gasteiger charge is -2.22. The van der Waals surface area contributed by atoms with Crippen molar-refractivity contribution in [1.82, 2.24) is 16.0 Å². The minimum Gasteiger partial charge on any atom is -0.467 e. The average Bonchev–Trinajstić information content (AvgIpc) is 2.92. The van der Waals surface area contributed by atoms with Crippen LogP contribution in [0.4, 0.5) is 14.4 Å². The van der Waals surface area contributed by atoms with E-state index in [4.69, 9.17) is 18.9 Å². The zero-order valence-corrected chi connectivity index (χ0v) is 23.1. The van der Waals surface area contributed by atoms with Gasteiger partial charge in [-0.05, 0) is 44.7 Å². The lowest BCUT2D eigenvalue weighted by Crippen LogP contribution is -2.45. The molecule has 2 aromatic carbocycles. The molecule has 0 fully saturated rings. The molecule has 0 spiro atoms. The van der Waals surface area contributed by atoms with Crippen molar-refractivity contribution in [2.45, 2.75) is 58.5 Å². The average molecular weight is 557 g/mol. The molecule has 3 N–H and O–H groups in total. The SMILES string of the molecule is COC(=O)C(CCCN=C(NC(=O)OCc1ccccc1)NC(=O)OCc1ccccc1)NC(=O)OC(C)(C)C. The second-order valence-electron chi connectivity index (χ2n) is 9.47. The molecular formula is C28H36N4O8. The number of nitrogens with zero attached hydrogens (tertiary/aromatic N) is 1. The Bertz CT molecular complexity index is 1070. The Hall–Kier alpha value is -4.61. The second kappa shape index (κ2) is 16.4. The third-order valence-electron chi connectivity index (χ3n) is 4.96. The summed E-state index contributed by atoms with van der Waals surface area (Å²) in [6.45, 7) is 5.19. The second-order valence-corrected chi connectivity index (χ2v) is 9.47. The summed E-state index contributed by atoms with van der Waals surface area (Å²) >= 11 is 0. The molecule has 12 nitrogen and oxygen atoms in total. The van der Waals surface area contributed by atoms with Crippen LogP contribution in [-0.2, 0) is 37.0 Å². The van der Waals surface area contributed by atoms with Crippen LogP contribution < -0.4 is 16.0 Å². The Morgan fingerprint density at radius 1 is 0.800 bits per heavy atom. The molecule has 3 amide bonds. The molecule has 0 aliphatic carbocycles. The first-order valence-electron chi connectivity index (χ1n) is 12.6. The van der Waals surface area contributed by atoms with Gasteiger partial charge in [0.2, 0.25) is 5.96 Å². The topological polar surface area (TPSA) is 154 Å². The fourth-order valence-corrected chi connectivity index (χ4v) is 3.15. The Balaban J connectivity index is 1.98. The number of ether oxygens (including phenoxy) is 4. The zero-order chi connectivity index (χ0) is 29.4. The number of rotatable bonds is 10. The largest absolute Gasteiger partial charge is 0.467 e. The van der Waals surface area contributed by atoms with Gasteiger partial charge in [-0.3, -0.25) is 15.6 Å². The number of amides is 3. The maximum atomic E-state index is 12.4. The molecule has 0 aliphatic rings. The highest BCUT2D eigenvalue weighted by Gasteiger charge is 2.24. The number of methoxy groups -OCH3 is 1. The van der Waals surface area contributed by atoms with Gasteiger partial charge >= 0.3 is 24.2 Å². The van der Waals surface area contributed by atoms with Gasteiger partial charge in [0.1, 0.15) is 24.9 Å². The highest BCUT2D eigenvalue weighted by atomic mass is 16.6. The lowest BCUT2D eigenvalue weighted by molar-refractivity contribution is -0.143. The van der Waals surface area contributed by atoms with Crippen LogP contribution in [0.5, 0.6) is 0 Å². The number of esters is 1. The van der Waals surface area contributed by atoms with Gasteiger partial charge in [0.05, 0.1) is 7.11 Å². The Morgan fingerprint density at radius 3 is 1.75 bits per heavy atom. The normalized spacial score (nSPS) is 11.3. The minimum atomic E-state index is -0.980. The molecule has 12 heteroatoms.